The second-order valence-electron chi connectivity index (χ2n) is 8.55. The molecule has 11 heteroatoms. The molecule has 1 unspecified atom stereocenters. The molecule has 11 nitrogen and oxygen atoms in total. The van der Waals surface area contributed by atoms with Crippen molar-refractivity contribution in [1.29, 1.82) is 0 Å². The van der Waals surface area contributed by atoms with Crippen molar-refractivity contribution >= 4 is 23.5 Å². The number of ether oxygens (including phenoxy) is 2. The Kier molecular flexibility index (Phi) is 24.1. The number of aliphatic hydroxyl groups is 5. The lowest BCUT2D eigenvalue weighted by Gasteiger charge is -2.02. The van der Waals surface area contributed by atoms with Crippen LogP contribution < -0.4 is 0 Å². The van der Waals surface area contributed by atoms with Crippen LogP contribution in [-0.2, 0) is 25.5 Å². The maximum Gasteiger partial charge on any atom is 0.240 e. The highest BCUT2D eigenvalue weighted by Gasteiger charge is 2.13. The molecule has 0 saturated carbocycles. The van der Waals surface area contributed by atoms with Crippen LogP contribution in [0.15, 0.2) is 58.5 Å². The largest absolute Gasteiger partial charge is 0.396 e. The first kappa shape index (κ1) is 36.9. The minimum absolute atomic E-state index is 0.283. The Balaban J connectivity index is 0.000000589. The van der Waals surface area contributed by atoms with E-state index in [4.69, 9.17) is 30.3 Å². The van der Waals surface area contributed by atoms with Crippen LogP contribution in [-0.4, -0.2) is 96.1 Å². The van der Waals surface area contributed by atoms with Gasteiger partial charge < -0.3 is 35.0 Å². The van der Waals surface area contributed by atoms with E-state index in [1.54, 1.807) is 24.3 Å². The van der Waals surface area contributed by atoms with Crippen LogP contribution >= 0.6 is 0 Å². The molecule has 0 radical (unpaired) electrons. The van der Waals surface area contributed by atoms with Crippen molar-refractivity contribution in [2.75, 3.05) is 46.2 Å². The minimum atomic E-state index is -0.954. The lowest BCUT2D eigenvalue weighted by molar-refractivity contribution is 0.0450. The molecule has 2 aliphatic rings. The number of unbranched alkanes of at least 4 members (excludes halogenated alkanes) is 3. The van der Waals surface area contributed by atoms with Gasteiger partial charge in [0.15, 0.2) is 0 Å². The van der Waals surface area contributed by atoms with Crippen molar-refractivity contribution in [1.82, 2.24) is 0 Å². The molecule has 4 rings (SSSR count). The summed E-state index contributed by atoms with van der Waals surface area (Å²) >= 11 is 0. The molecule has 2 heterocycles. The van der Waals surface area contributed by atoms with Gasteiger partial charge in [-0.15, -0.1) is 0 Å². The summed E-state index contributed by atoms with van der Waals surface area (Å²) in [6.45, 7) is 4.88. The van der Waals surface area contributed by atoms with Crippen LogP contribution in [0.1, 0.15) is 43.7 Å². The SMILES string of the molecule is C1CO1.CC1CO1.O=C=Nc1ccc(Cc2ccc(N=C=O)cc2)cc1.OCC(O)CO.OCCCCCCO. The summed E-state index contributed by atoms with van der Waals surface area (Å²) in [5, 5.41) is 40.6. The Hall–Kier alpha value is -3.08. The Bertz CT molecular complexity index is 880. The minimum Gasteiger partial charge on any atom is -0.396 e. The maximum absolute atomic E-state index is 10.1. The van der Waals surface area contributed by atoms with Crippen LogP contribution in [0.2, 0.25) is 0 Å². The van der Waals surface area contributed by atoms with Gasteiger partial charge in [0.25, 0.3) is 0 Å². The summed E-state index contributed by atoms with van der Waals surface area (Å²) in [4.78, 5) is 27.3. The van der Waals surface area contributed by atoms with E-state index in [2.05, 4.69) is 21.6 Å². The van der Waals surface area contributed by atoms with E-state index in [-0.39, 0.29) is 26.4 Å². The summed E-state index contributed by atoms with van der Waals surface area (Å²) in [7, 11) is 0. The van der Waals surface area contributed by atoms with E-state index < -0.39 is 6.10 Å². The van der Waals surface area contributed by atoms with E-state index in [1.165, 1.54) is 12.2 Å². The van der Waals surface area contributed by atoms with Gasteiger partial charge in [-0.2, -0.15) is 9.98 Å². The van der Waals surface area contributed by atoms with E-state index >= 15 is 0 Å². The number of aliphatic imine (C=N–C) groups is 2. The van der Waals surface area contributed by atoms with Crippen LogP contribution in [0.4, 0.5) is 11.4 Å². The Morgan fingerprint density at radius 2 is 1.12 bits per heavy atom. The molecule has 2 aromatic carbocycles. The van der Waals surface area contributed by atoms with Crippen molar-refractivity contribution < 1.29 is 44.6 Å². The summed E-state index contributed by atoms with van der Waals surface area (Å²) < 4.78 is 9.21. The summed E-state index contributed by atoms with van der Waals surface area (Å²) in [5.41, 5.74) is 3.40. The average molecular weight is 563 g/mol. The Labute approximate surface area is 235 Å². The first-order valence-corrected chi connectivity index (χ1v) is 13.1. The monoisotopic (exact) mass is 562 g/mol. The van der Waals surface area contributed by atoms with Gasteiger partial charge in [-0.25, -0.2) is 9.59 Å². The third-order valence-corrected chi connectivity index (χ3v) is 4.82. The highest BCUT2D eigenvalue weighted by molar-refractivity contribution is 5.51. The second-order valence-corrected chi connectivity index (χ2v) is 8.55. The van der Waals surface area contributed by atoms with Crippen LogP contribution in [0.3, 0.4) is 0 Å². The Morgan fingerprint density at radius 3 is 1.32 bits per heavy atom. The number of hydrogen-bond donors (Lipinski definition) is 5. The smallest absolute Gasteiger partial charge is 0.240 e. The molecule has 2 fully saturated rings. The highest BCUT2D eigenvalue weighted by atomic mass is 16.6. The molecule has 0 aromatic heterocycles. The number of carbonyl (C=O) groups excluding carboxylic acids is 2. The standard InChI is InChI=1S/C15H10N2O2.C6H14O2.C3H8O3.C3H6O.C2H4O/c18-10-16-14-5-1-12(2-6-14)9-13-3-7-15(8-4-13)17-11-19;7-5-3-1-2-4-6-8;4-1-3(6)2-5;1-3-2-4-3;1-2-3-1/h1-8H,9H2;7-8H,1-6H2;3-6H,1-2H2;3H,2H2,1H3;1-2H2. The van der Waals surface area contributed by atoms with Crippen LogP contribution in [0.5, 0.6) is 0 Å². The summed E-state index contributed by atoms with van der Waals surface area (Å²) in [6.07, 6.45) is 7.23. The Morgan fingerprint density at radius 1 is 0.775 bits per heavy atom. The highest BCUT2D eigenvalue weighted by Crippen LogP contribution is 2.17. The van der Waals surface area contributed by atoms with Gasteiger partial charge in [0, 0.05) is 13.2 Å². The molecule has 222 valence electrons. The normalized spacial score (nSPS) is 13.6. The molecule has 0 spiro atoms. The number of nitrogens with zero attached hydrogens (tertiary/aromatic N) is 2. The molecule has 0 bridgehead atoms. The fourth-order valence-electron chi connectivity index (χ4n) is 2.45. The lowest BCUT2D eigenvalue weighted by atomic mass is 10.0. The topological polar surface area (TPSA) is 185 Å². The van der Waals surface area contributed by atoms with Crippen molar-refractivity contribution in [3.63, 3.8) is 0 Å². The molecule has 5 N–H and O–H groups in total. The number of benzene rings is 2. The number of rotatable bonds is 11. The molecule has 1 atom stereocenters. The van der Waals surface area contributed by atoms with Gasteiger partial charge >= 0.3 is 0 Å². The van der Waals surface area contributed by atoms with Gasteiger partial charge in [0.05, 0.1) is 50.5 Å². The lowest BCUT2D eigenvalue weighted by Crippen LogP contribution is -2.15. The second kappa shape index (κ2) is 26.2. The summed E-state index contributed by atoms with van der Waals surface area (Å²) in [5.74, 6) is 0. The van der Waals surface area contributed by atoms with Crippen molar-refractivity contribution in [3.05, 3.63) is 59.7 Å². The van der Waals surface area contributed by atoms with Crippen molar-refractivity contribution in [2.45, 2.75) is 51.2 Å². The van der Waals surface area contributed by atoms with Gasteiger partial charge in [0.1, 0.15) is 6.10 Å². The summed E-state index contributed by atoms with van der Waals surface area (Å²) in [6, 6.07) is 14.7. The zero-order valence-electron chi connectivity index (χ0n) is 23.0. The average Bonchev–Trinajstić information content (AvgIpc) is 3.91. The van der Waals surface area contributed by atoms with Gasteiger partial charge in [0.2, 0.25) is 12.2 Å². The quantitative estimate of drug-likeness (QED) is 0.119. The molecule has 2 saturated heterocycles. The van der Waals surface area contributed by atoms with Crippen molar-refractivity contribution in [2.24, 2.45) is 9.98 Å². The first-order valence-electron chi connectivity index (χ1n) is 13.1. The first-order chi connectivity index (χ1) is 19.4. The third-order valence-electron chi connectivity index (χ3n) is 4.82. The van der Waals surface area contributed by atoms with Crippen molar-refractivity contribution in [3.8, 4) is 0 Å². The fourth-order valence-corrected chi connectivity index (χ4v) is 2.45. The number of hydrogen-bond acceptors (Lipinski definition) is 11. The van der Waals surface area contributed by atoms with Gasteiger partial charge in [-0.3, -0.25) is 0 Å². The molecule has 0 amide bonds. The van der Waals surface area contributed by atoms with E-state index in [9.17, 15) is 9.59 Å². The molecular formula is C29H42N2O9. The molecule has 40 heavy (non-hydrogen) atoms. The van der Waals surface area contributed by atoms with Gasteiger partial charge in [-0.05, 0) is 61.6 Å². The van der Waals surface area contributed by atoms with E-state index in [0.29, 0.717) is 17.5 Å². The van der Waals surface area contributed by atoms with Crippen LogP contribution in [0, 0.1) is 0 Å². The van der Waals surface area contributed by atoms with E-state index in [0.717, 1.165) is 63.1 Å². The van der Waals surface area contributed by atoms with Crippen LogP contribution in [0.25, 0.3) is 0 Å². The number of isocyanates is 2. The zero-order valence-corrected chi connectivity index (χ0v) is 23.0. The maximum atomic E-state index is 10.1. The third kappa shape index (κ3) is 25.2. The molecular weight excluding hydrogens is 520 g/mol. The number of epoxide rings is 2. The fraction of sp³-hybridized carbons (Fsp3) is 0.517. The van der Waals surface area contributed by atoms with Gasteiger partial charge in [-0.1, -0.05) is 37.1 Å². The predicted molar refractivity (Wildman–Crippen MR) is 150 cm³/mol. The predicted octanol–water partition coefficient (Wildman–Crippen LogP) is 2.50. The zero-order chi connectivity index (χ0) is 29.8. The molecule has 0 aliphatic carbocycles. The molecule has 2 aliphatic heterocycles. The molecule has 2 aromatic rings. The number of aliphatic hydroxyl groups excluding tert-OH is 5. The van der Waals surface area contributed by atoms with E-state index in [1.807, 2.05) is 24.3 Å².